The summed E-state index contributed by atoms with van der Waals surface area (Å²) in [6.45, 7) is 3.53. The zero-order valence-corrected chi connectivity index (χ0v) is 17.0. The topological polar surface area (TPSA) is 60.4 Å². The van der Waals surface area contributed by atoms with Gasteiger partial charge >= 0.3 is 12.1 Å². The van der Waals surface area contributed by atoms with E-state index in [9.17, 15) is 22.8 Å². The first-order valence-electron chi connectivity index (χ1n) is 8.81. The number of carbonyl (C=O) groups is 2. The maximum Gasteiger partial charge on any atom is 0.416 e. The molecule has 0 radical (unpaired) electrons. The maximum atomic E-state index is 14.3. The van der Waals surface area contributed by atoms with Crippen LogP contribution in [0.1, 0.15) is 36.2 Å². The predicted octanol–water partition coefficient (Wildman–Crippen LogP) is 5.43. The third-order valence-electron chi connectivity index (χ3n) is 4.24. The van der Waals surface area contributed by atoms with Crippen molar-refractivity contribution < 1.29 is 32.1 Å². The molecule has 2 rings (SSSR count). The van der Waals surface area contributed by atoms with Crippen molar-refractivity contribution in [1.29, 1.82) is 0 Å². The van der Waals surface area contributed by atoms with Crippen LogP contribution >= 0.6 is 9.12 Å². The van der Waals surface area contributed by atoms with E-state index < -0.39 is 28.9 Å². The van der Waals surface area contributed by atoms with Gasteiger partial charge in [-0.15, -0.1) is 0 Å². The molecule has 0 aliphatic carbocycles. The number of ether oxygens (including phenoxy) is 1. The van der Waals surface area contributed by atoms with Gasteiger partial charge in [0.1, 0.15) is 9.12 Å². The molecule has 29 heavy (non-hydrogen) atoms. The highest BCUT2D eigenvalue weighted by Gasteiger charge is 2.67. The number of Topliss-reactive ketones (excluding diaryl/α,β-unsaturated/α-hetero) is 1. The second-order valence-corrected chi connectivity index (χ2v) is 6.63. The maximum absolute atomic E-state index is 14.3. The van der Waals surface area contributed by atoms with Crippen LogP contribution in [0.5, 0.6) is 0 Å². The normalized spacial score (nSPS) is 13.0. The van der Waals surface area contributed by atoms with Gasteiger partial charge in [-0.3, -0.25) is 14.2 Å². The fourth-order valence-electron chi connectivity index (χ4n) is 2.74. The molecule has 0 N–H and O–H groups in total. The summed E-state index contributed by atoms with van der Waals surface area (Å²) in [7, 11) is 1.72. The quantitative estimate of drug-likeness (QED) is 0.256. The van der Waals surface area contributed by atoms with Crippen LogP contribution in [0.2, 0.25) is 0 Å². The summed E-state index contributed by atoms with van der Waals surface area (Å²) < 4.78 is 56.0. The van der Waals surface area contributed by atoms with Gasteiger partial charge in [-0.05, 0) is 17.9 Å². The standard InChI is InChI=1S/C21H21F3O3.HOP/c1-15(2)13-14-27-19(26)20(21(22,23)24,17-11-7-4-8-12-17)18(25)16-9-5-3-6-10-16;1-2/h3-12,15H,13-14H2,1-2H3;2H. The lowest BCUT2D eigenvalue weighted by molar-refractivity contribution is -0.197. The van der Waals surface area contributed by atoms with Gasteiger partial charge in [0.05, 0.1) is 6.61 Å². The Hall–Kier alpha value is -2.53. The molecule has 0 aromatic heterocycles. The van der Waals surface area contributed by atoms with E-state index in [-0.39, 0.29) is 18.1 Å². The molecule has 1 unspecified atom stereocenters. The minimum Gasteiger partial charge on any atom is -0.464 e. The van der Waals surface area contributed by atoms with E-state index in [2.05, 4.69) is 0 Å². The van der Waals surface area contributed by atoms with Crippen LogP contribution < -0.4 is 0 Å². The lowest BCUT2D eigenvalue weighted by Gasteiger charge is -2.32. The molecular formula is C21H22F3O4P. The summed E-state index contributed by atoms with van der Waals surface area (Å²) >= 11 is 0. The Balaban J connectivity index is 0.00000204. The van der Waals surface area contributed by atoms with Crippen LogP contribution in [0.25, 0.3) is 0 Å². The second-order valence-electron chi connectivity index (χ2n) is 6.63. The van der Waals surface area contributed by atoms with Crippen LogP contribution in [0.4, 0.5) is 13.2 Å². The molecule has 2 aromatic carbocycles. The number of rotatable bonds is 7. The number of benzene rings is 2. The van der Waals surface area contributed by atoms with Crippen molar-refractivity contribution in [1.82, 2.24) is 0 Å². The van der Waals surface area contributed by atoms with E-state index in [0.717, 1.165) is 12.1 Å². The molecule has 1 atom stereocenters. The summed E-state index contributed by atoms with van der Waals surface area (Å²) in [6.07, 6.45) is -4.77. The van der Waals surface area contributed by atoms with Crippen LogP contribution in [-0.4, -0.2) is 24.5 Å². The Bertz CT molecular complexity index is 795. The minimum absolute atomic E-state index is 0.139. The fraction of sp³-hybridized carbons (Fsp3) is 0.333. The molecule has 0 saturated heterocycles. The highest BCUT2D eigenvalue weighted by molar-refractivity contribution is 7.00. The van der Waals surface area contributed by atoms with Gasteiger partial charge in [-0.2, -0.15) is 13.2 Å². The number of ketones is 1. The molecule has 4 nitrogen and oxygen atoms in total. The zero-order valence-electron chi connectivity index (χ0n) is 16.0. The van der Waals surface area contributed by atoms with E-state index in [0.29, 0.717) is 6.42 Å². The zero-order chi connectivity index (χ0) is 22.1. The highest BCUT2D eigenvalue weighted by atomic mass is 31.0. The van der Waals surface area contributed by atoms with Gasteiger partial charge in [0.2, 0.25) is 5.41 Å². The molecule has 0 fully saturated rings. The minimum atomic E-state index is -5.17. The Labute approximate surface area is 169 Å². The Morgan fingerprint density at radius 3 is 1.86 bits per heavy atom. The van der Waals surface area contributed by atoms with Crippen molar-refractivity contribution in [2.24, 2.45) is 5.92 Å². The molecule has 0 heterocycles. The Kier molecular flexibility index (Phi) is 9.18. The SMILES string of the molecule is CC(C)CCOC(=O)C(C(=O)c1ccccc1)(c1ccccc1)C(F)(F)F.O=P. The number of hydrogen-bond donors (Lipinski definition) is 0. The van der Waals surface area contributed by atoms with Crippen molar-refractivity contribution in [3.63, 3.8) is 0 Å². The molecule has 0 aliphatic rings. The van der Waals surface area contributed by atoms with E-state index in [1.54, 1.807) is 15.2 Å². The lowest BCUT2D eigenvalue weighted by atomic mass is 9.73. The number of halogens is 3. The largest absolute Gasteiger partial charge is 0.464 e. The number of hydrogen-bond acceptors (Lipinski definition) is 4. The van der Waals surface area contributed by atoms with Gasteiger partial charge in [-0.25, -0.2) is 0 Å². The molecule has 8 heteroatoms. The van der Waals surface area contributed by atoms with Gasteiger partial charge in [0, 0.05) is 5.56 Å². The van der Waals surface area contributed by atoms with E-state index in [1.165, 1.54) is 42.5 Å². The third kappa shape index (κ3) is 5.51. The molecule has 0 amide bonds. The van der Waals surface area contributed by atoms with Gasteiger partial charge in [0.15, 0.2) is 5.78 Å². The van der Waals surface area contributed by atoms with Crippen LogP contribution in [0.3, 0.4) is 0 Å². The van der Waals surface area contributed by atoms with Crippen molar-refractivity contribution >= 4 is 20.9 Å². The van der Waals surface area contributed by atoms with E-state index >= 15 is 0 Å². The van der Waals surface area contributed by atoms with Gasteiger partial charge < -0.3 is 4.74 Å². The van der Waals surface area contributed by atoms with Crippen LogP contribution in [0.15, 0.2) is 60.7 Å². The summed E-state index contributed by atoms with van der Waals surface area (Å²) in [5, 5.41) is 0. The Morgan fingerprint density at radius 1 is 0.931 bits per heavy atom. The van der Waals surface area contributed by atoms with Crippen LogP contribution in [-0.2, 0) is 19.5 Å². The third-order valence-corrected chi connectivity index (χ3v) is 4.24. The monoisotopic (exact) mass is 426 g/mol. The molecule has 0 saturated carbocycles. The van der Waals surface area contributed by atoms with Gasteiger partial charge in [0.25, 0.3) is 0 Å². The van der Waals surface area contributed by atoms with Crippen molar-refractivity contribution in [2.45, 2.75) is 31.9 Å². The molecular weight excluding hydrogens is 404 g/mol. The first-order valence-corrected chi connectivity index (χ1v) is 9.21. The summed E-state index contributed by atoms with van der Waals surface area (Å²) in [5.74, 6) is -2.81. The smallest absolute Gasteiger partial charge is 0.416 e. The van der Waals surface area contributed by atoms with E-state index in [4.69, 9.17) is 9.30 Å². The van der Waals surface area contributed by atoms with Crippen LogP contribution in [0, 0.1) is 5.92 Å². The highest BCUT2D eigenvalue weighted by Crippen LogP contribution is 2.44. The molecule has 2 aromatic rings. The summed E-state index contributed by atoms with van der Waals surface area (Å²) in [4.78, 5) is 25.8. The fourth-order valence-corrected chi connectivity index (χ4v) is 2.74. The molecule has 0 aliphatic heterocycles. The number of alkyl halides is 3. The summed E-state index contributed by atoms with van der Waals surface area (Å²) in [6, 6.07) is 13.5. The summed E-state index contributed by atoms with van der Waals surface area (Å²) in [5.41, 5.74) is -4.08. The number of esters is 1. The Morgan fingerprint density at radius 2 is 1.41 bits per heavy atom. The predicted molar refractivity (Wildman–Crippen MR) is 104 cm³/mol. The first-order chi connectivity index (χ1) is 13.7. The lowest BCUT2D eigenvalue weighted by Crippen LogP contribution is -2.56. The second kappa shape index (κ2) is 10.9. The van der Waals surface area contributed by atoms with Crippen molar-refractivity contribution in [2.75, 3.05) is 6.61 Å². The average molecular weight is 426 g/mol. The molecule has 0 spiro atoms. The van der Waals surface area contributed by atoms with Crippen molar-refractivity contribution in [3.8, 4) is 0 Å². The molecule has 156 valence electrons. The van der Waals surface area contributed by atoms with Gasteiger partial charge in [-0.1, -0.05) is 74.5 Å². The van der Waals surface area contributed by atoms with E-state index in [1.807, 2.05) is 13.8 Å². The molecule has 0 bridgehead atoms. The number of carbonyl (C=O) groups excluding carboxylic acids is 2. The first kappa shape index (κ1) is 24.5. The average Bonchev–Trinajstić information content (AvgIpc) is 2.70. The van der Waals surface area contributed by atoms with Crippen molar-refractivity contribution in [3.05, 3.63) is 71.8 Å².